The van der Waals surface area contributed by atoms with Crippen molar-refractivity contribution in [1.82, 2.24) is 4.90 Å². The third kappa shape index (κ3) is 3.19. The molecule has 3 rings (SSSR count). The summed E-state index contributed by atoms with van der Waals surface area (Å²) in [6.07, 6.45) is -0.198. The number of methoxy groups -OCH3 is 1. The molecule has 0 saturated carbocycles. The predicted molar refractivity (Wildman–Crippen MR) is 83.8 cm³/mol. The Morgan fingerprint density at radius 3 is 2.65 bits per heavy atom. The number of aliphatic hydroxyl groups excluding tert-OH is 1. The van der Waals surface area contributed by atoms with E-state index in [0.29, 0.717) is 23.3 Å². The van der Waals surface area contributed by atoms with Crippen LogP contribution in [-0.4, -0.2) is 35.7 Å². The molecule has 1 N–H and O–H groups in total. The first-order valence-corrected chi connectivity index (χ1v) is 7.47. The van der Waals surface area contributed by atoms with E-state index in [0.717, 1.165) is 0 Å². The highest BCUT2D eigenvalue weighted by Gasteiger charge is 2.35. The van der Waals surface area contributed by atoms with Gasteiger partial charge in [0.1, 0.15) is 11.6 Å². The molecule has 5 heteroatoms. The molecule has 0 spiro atoms. The van der Waals surface area contributed by atoms with Crippen LogP contribution in [0.15, 0.2) is 48.5 Å². The monoisotopic (exact) mass is 315 g/mol. The lowest BCUT2D eigenvalue weighted by Crippen LogP contribution is -2.31. The molecule has 23 heavy (non-hydrogen) atoms. The zero-order chi connectivity index (χ0) is 16.4. The van der Waals surface area contributed by atoms with Crippen molar-refractivity contribution < 1.29 is 19.0 Å². The summed E-state index contributed by atoms with van der Waals surface area (Å²) < 4.78 is 18.6. The van der Waals surface area contributed by atoms with Crippen molar-refractivity contribution in [1.29, 1.82) is 0 Å². The number of halogens is 1. The molecule has 0 aromatic heterocycles. The van der Waals surface area contributed by atoms with Crippen LogP contribution in [0.3, 0.4) is 0 Å². The van der Waals surface area contributed by atoms with E-state index in [2.05, 4.69) is 0 Å². The van der Waals surface area contributed by atoms with Crippen LogP contribution < -0.4 is 4.74 Å². The van der Waals surface area contributed by atoms with Gasteiger partial charge in [-0.1, -0.05) is 12.1 Å². The van der Waals surface area contributed by atoms with Gasteiger partial charge < -0.3 is 14.7 Å². The molecule has 0 unspecified atom stereocenters. The summed E-state index contributed by atoms with van der Waals surface area (Å²) in [4.78, 5) is 14.3. The van der Waals surface area contributed by atoms with Gasteiger partial charge in [-0.3, -0.25) is 4.79 Å². The van der Waals surface area contributed by atoms with Gasteiger partial charge in [-0.15, -0.1) is 0 Å². The van der Waals surface area contributed by atoms with Crippen LogP contribution in [0.5, 0.6) is 5.75 Å². The number of benzene rings is 2. The van der Waals surface area contributed by atoms with Crippen LogP contribution in [-0.2, 0) is 0 Å². The molecule has 4 nitrogen and oxygen atoms in total. The summed E-state index contributed by atoms with van der Waals surface area (Å²) in [7, 11) is 1.56. The maximum absolute atomic E-state index is 13.5. The third-order valence-electron chi connectivity index (χ3n) is 4.11. The minimum absolute atomic E-state index is 0.182. The quantitative estimate of drug-likeness (QED) is 0.947. The van der Waals surface area contributed by atoms with Crippen LogP contribution in [0, 0.1) is 5.82 Å². The Morgan fingerprint density at radius 2 is 2.00 bits per heavy atom. The van der Waals surface area contributed by atoms with Gasteiger partial charge in [0.05, 0.1) is 19.3 Å². The van der Waals surface area contributed by atoms with Crippen molar-refractivity contribution in [3.05, 3.63) is 65.5 Å². The zero-order valence-corrected chi connectivity index (χ0v) is 12.8. The second-order valence-electron chi connectivity index (χ2n) is 5.65. The second kappa shape index (κ2) is 6.38. The van der Waals surface area contributed by atoms with E-state index in [4.69, 9.17) is 4.74 Å². The molecule has 1 fully saturated rings. The van der Waals surface area contributed by atoms with E-state index in [1.165, 1.54) is 12.1 Å². The highest BCUT2D eigenvalue weighted by molar-refractivity contribution is 5.94. The van der Waals surface area contributed by atoms with Gasteiger partial charge in [-0.2, -0.15) is 0 Å². The number of ether oxygens (including phenoxy) is 1. The van der Waals surface area contributed by atoms with Crippen molar-refractivity contribution in [3.63, 3.8) is 0 Å². The van der Waals surface area contributed by atoms with E-state index in [1.807, 2.05) is 0 Å². The maximum Gasteiger partial charge on any atom is 0.254 e. The maximum atomic E-state index is 13.5. The summed E-state index contributed by atoms with van der Waals surface area (Å²) in [6, 6.07) is 12.7. The number of carbonyl (C=O) groups excluding carboxylic acids is 1. The number of amides is 1. The molecule has 0 bridgehead atoms. The highest BCUT2D eigenvalue weighted by atomic mass is 19.1. The number of nitrogens with zero attached hydrogens (tertiary/aromatic N) is 1. The summed E-state index contributed by atoms with van der Waals surface area (Å²) in [5.74, 6) is 0.142. The van der Waals surface area contributed by atoms with E-state index < -0.39 is 6.10 Å². The minimum Gasteiger partial charge on any atom is -0.497 e. The molecular weight excluding hydrogens is 297 g/mol. The first-order chi connectivity index (χ1) is 11.1. The molecule has 120 valence electrons. The number of rotatable bonds is 3. The smallest absolute Gasteiger partial charge is 0.254 e. The lowest BCUT2D eigenvalue weighted by molar-refractivity contribution is 0.0715. The average Bonchev–Trinajstić information content (AvgIpc) is 2.96. The SMILES string of the molecule is COc1ccc(C(=O)N2C[C@@H](O)C[C@@H]2c2cccc(F)c2)cc1. The molecular formula is C18H18FNO3. The van der Waals surface area contributed by atoms with Crippen molar-refractivity contribution in [3.8, 4) is 5.75 Å². The van der Waals surface area contributed by atoms with E-state index >= 15 is 0 Å². The van der Waals surface area contributed by atoms with Crippen molar-refractivity contribution in [2.75, 3.05) is 13.7 Å². The summed E-state index contributed by atoms with van der Waals surface area (Å²) in [5, 5.41) is 9.97. The summed E-state index contributed by atoms with van der Waals surface area (Å²) in [5.41, 5.74) is 1.21. The van der Waals surface area contributed by atoms with E-state index in [-0.39, 0.29) is 24.3 Å². The van der Waals surface area contributed by atoms with Gasteiger partial charge in [-0.25, -0.2) is 4.39 Å². The number of likely N-dealkylation sites (tertiary alicyclic amines) is 1. The number of carbonyl (C=O) groups is 1. The molecule has 1 aliphatic heterocycles. The van der Waals surface area contributed by atoms with Gasteiger partial charge in [0.25, 0.3) is 5.91 Å². The number of hydrogen-bond donors (Lipinski definition) is 1. The Bertz CT molecular complexity index is 702. The molecule has 2 aromatic rings. The Balaban J connectivity index is 1.87. The predicted octanol–water partition coefficient (Wildman–Crippen LogP) is 2.78. The molecule has 1 aliphatic rings. The van der Waals surface area contributed by atoms with Crippen LogP contribution in [0.1, 0.15) is 28.4 Å². The molecule has 1 saturated heterocycles. The summed E-state index contributed by atoms with van der Waals surface area (Å²) >= 11 is 0. The lowest BCUT2D eigenvalue weighted by atomic mass is 10.0. The molecule has 0 aliphatic carbocycles. The highest BCUT2D eigenvalue weighted by Crippen LogP contribution is 2.33. The standard InChI is InChI=1S/C18H18FNO3/c1-23-16-7-5-12(6-8-16)18(22)20-11-15(21)10-17(20)13-3-2-4-14(19)9-13/h2-9,15,17,21H,10-11H2,1H3/t15-,17+/m0/s1. The van der Waals surface area contributed by atoms with Gasteiger partial charge in [0.15, 0.2) is 0 Å². The fourth-order valence-corrected chi connectivity index (χ4v) is 2.97. The summed E-state index contributed by atoms with van der Waals surface area (Å²) in [6.45, 7) is 0.242. The van der Waals surface area contributed by atoms with Gasteiger partial charge in [0.2, 0.25) is 0 Å². The van der Waals surface area contributed by atoms with Crippen LogP contribution >= 0.6 is 0 Å². The fraction of sp³-hybridized carbons (Fsp3) is 0.278. The first kappa shape index (κ1) is 15.5. The Hall–Kier alpha value is -2.40. The van der Waals surface area contributed by atoms with Crippen molar-refractivity contribution >= 4 is 5.91 Å². The Morgan fingerprint density at radius 1 is 1.26 bits per heavy atom. The third-order valence-corrected chi connectivity index (χ3v) is 4.11. The molecule has 2 aromatic carbocycles. The molecule has 2 atom stereocenters. The average molecular weight is 315 g/mol. The number of hydrogen-bond acceptors (Lipinski definition) is 3. The van der Waals surface area contributed by atoms with Gasteiger partial charge in [-0.05, 0) is 48.4 Å². The van der Waals surface area contributed by atoms with E-state index in [1.54, 1.807) is 48.4 Å². The second-order valence-corrected chi connectivity index (χ2v) is 5.65. The van der Waals surface area contributed by atoms with Gasteiger partial charge >= 0.3 is 0 Å². The number of aliphatic hydroxyl groups is 1. The zero-order valence-electron chi connectivity index (χ0n) is 12.8. The number of β-amino-alcohol motifs (C(OH)–C–C–N with tert-alkyl or cyclic N) is 1. The first-order valence-electron chi connectivity index (χ1n) is 7.47. The molecule has 1 heterocycles. The van der Waals surface area contributed by atoms with Crippen LogP contribution in [0.2, 0.25) is 0 Å². The Kier molecular flexibility index (Phi) is 4.30. The molecule has 0 radical (unpaired) electrons. The largest absolute Gasteiger partial charge is 0.497 e. The van der Waals surface area contributed by atoms with Crippen LogP contribution in [0.4, 0.5) is 4.39 Å². The lowest BCUT2D eigenvalue weighted by Gasteiger charge is -2.25. The minimum atomic E-state index is -0.606. The topological polar surface area (TPSA) is 49.8 Å². The Labute approximate surface area is 134 Å². The van der Waals surface area contributed by atoms with Crippen molar-refractivity contribution in [2.24, 2.45) is 0 Å². The fourth-order valence-electron chi connectivity index (χ4n) is 2.97. The van der Waals surface area contributed by atoms with Crippen molar-refractivity contribution in [2.45, 2.75) is 18.6 Å². The van der Waals surface area contributed by atoms with Gasteiger partial charge in [0, 0.05) is 12.1 Å². The molecule has 1 amide bonds. The van der Waals surface area contributed by atoms with Crippen LogP contribution in [0.25, 0.3) is 0 Å². The normalized spacial score (nSPS) is 20.6. The van der Waals surface area contributed by atoms with E-state index in [9.17, 15) is 14.3 Å².